The summed E-state index contributed by atoms with van der Waals surface area (Å²) in [7, 11) is 0. The summed E-state index contributed by atoms with van der Waals surface area (Å²) >= 11 is 0. The number of cyclic esters (lactones) is 1. The molecule has 1 N–H and O–H groups in total. The summed E-state index contributed by atoms with van der Waals surface area (Å²) in [6.45, 7) is 8.25. The predicted molar refractivity (Wildman–Crippen MR) is 104 cm³/mol. The van der Waals surface area contributed by atoms with Crippen LogP contribution in [0.5, 0.6) is 0 Å². The maximum Gasteiger partial charge on any atom is 0.329 e. The molecule has 5 nitrogen and oxygen atoms in total. The molecule has 3 aliphatic rings. The molecule has 0 aromatic heterocycles. The van der Waals surface area contributed by atoms with Gasteiger partial charge in [-0.1, -0.05) is 43.7 Å². The molecule has 2 fully saturated rings. The van der Waals surface area contributed by atoms with Crippen molar-refractivity contribution in [3.63, 3.8) is 0 Å². The number of nitrogens with one attached hydrogen (secondary N) is 1. The number of ether oxygens (including phenoxy) is 1. The molecular weight excluding hydrogens is 340 g/mol. The highest BCUT2D eigenvalue weighted by molar-refractivity contribution is 5.94. The third-order valence-corrected chi connectivity index (χ3v) is 6.07. The van der Waals surface area contributed by atoms with E-state index >= 15 is 0 Å². The molecule has 4 rings (SSSR count). The standard InChI is InChI=1S/C22H28N2O3/c1-13(2)9-10-22-12-17-20(26)27-18(11-14(3)4)19(25)24(17)21(22)23-16-8-6-5-7-15(16)22/h5-9,14,17-18,21,23H,10-12H2,1-4H3/t17-,18+,21-,22-/m0/s1. The zero-order valence-electron chi connectivity index (χ0n) is 16.5. The van der Waals surface area contributed by atoms with Crippen LogP contribution in [0.1, 0.15) is 52.5 Å². The van der Waals surface area contributed by atoms with Gasteiger partial charge in [-0.3, -0.25) is 4.79 Å². The Morgan fingerprint density at radius 3 is 2.78 bits per heavy atom. The summed E-state index contributed by atoms with van der Waals surface area (Å²) in [6, 6.07) is 7.73. The van der Waals surface area contributed by atoms with Crippen LogP contribution in [0, 0.1) is 5.92 Å². The number of nitrogens with zero attached hydrogens (tertiary/aromatic N) is 1. The molecule has 5 heteroatoms. The highest BCUT2D eigenvalue weighted by atomic mass is 16.6. The lowest BCUT2D eigenvalue weighted by molar-refractivity contribution is -0.178. The molecule has 1 aromatic carbocycles. The molecular formula is C22H28N2O3. The Bertz CT molecular complexity index is 812. The SMILES string of the molecule is CC(C)=CC[C@@]12C[C@H]3C(=O)O[C@H](CC(C)C)C(=O)N3[C@@H]1Nc1ccccc12. The average molecular weight is 368 g/mol. The van der Waals surface area contributed by atoms with E-state index in [1.807, 2.05) is 26.0 Å². The smallest absolute Gasteiger partial charge is 0.329 e. The molecule has 3 heterocycles. The van der Waals surface area contributed by atoms with Crippen LogP contribution >= 0.6 is 0 Å². The molecule has 2 saturated heterocycles. The van der Waals surface area contributed by atoms with Gasteiger partial charge >= 0.3 is 5.97 Å². The summed E-state index contributed by atoms with van der Waals surface area (Å²) in [4.78, 5) is 27.8. The predicted octanol–water partition coefficient (Wildman–Crippen LogP) is 3.60. The monoisotopic (exact) mass is 368 g/mol. The quantitative estimate of drug-likeness (QED) is 0.652. The highest BCUT2D eigenvalue weighted by Gasteiger charge is 2.63. The second-order valence-electron chi connectivity index (χ2n) is 8.75. The van der Waals surface area contributed by atoms with Gasteiger partial charge in [0.25, 0.3) is 5.91 Å². The zero-order valence-corrected chi connectivity index (χ0v) is 16.5. The fourth-order valence-electron chi connectivity index (χ4n) is 4.84. The number of carbonyl (C=O) groups excluding carboxylic acids is 2. The molecule has 27 heavy (non-hydrogen) atoms. The minimum absolute atomic E-state index is 0.0577. The summed E-state index contributed by atoms with van der Waals surface area (Å²) in [5.74, 6) is -0.0294. The van der Waals surface area contributed by atoms with E-state index in [9.17, 15) is 9.59 Å². The number of esters is 1. The number of hydrogen-bond donors (Lipinski definition) is 1. The minimum Gasteiger partial charge on any atom is -0.451 e. The first-order valence-electron chi connectivity index (χ1n) is 9.85. The number of fused-ring (bicyclic) bond motifs is 5. The first-order chi connectivity index (χ1) is 12.8. The summed E-state index contributed by atoms with van der Waals surface area (Å²) < 4.78 is 5.57. The van der Waals surface area contributed by atoms with Crippen molar-refractivity contribution in [1.82, 2.24) is 4.90 Å². The van der Waals surface area contributed by atoms with Gasteiger partial charge in [-0.15, -0.1) is 0 Å². The van der Waals surface area contributed by atoms with Crippen molar-refractivity contribution in [1.29, 1.82) is 0 Å². The number of morpholine rings is 1. The van der Waals surface area contributed by atoms with Gasteiger partial charge in [0.1, 0.15) is 12.2 Å². The van der Waals surface area contributed by atoms with Gasteiger partial charge in [0, 0.05) is 11.1 Å². The topological polar surface area (TPSA) is 58.6 Å². The van der Waals surface area contributed by atoms with Gasteiger partial charge in [-0.2, -0.15) is 0 Å². The van der Waals surface area contributed by atoms with E-state index in [0.717, 1.165) is 12.1 Å². The number of amides is 1. The van der Waals surface area contributed by atoms with Crippen molar-refractivity contribution in [2.24, 2.45) is 5.92 Å². The number of allylic oxidation sites excluding steroid dienone is 2. The van der Waals surface area contributed by atoms with E-state index < -0.39 is 12.1 Å². The van der Waals surface area contributed by atoms with Gasteiger partial charge in [0.2, 0.25) is 0 Å². The van der Waals surface area contributed by atoms with Crippen molar-refractivity contribution in [3.05, 3.63) is 41.5 Å². The summed E-state index contributed by atoms with van der Waals surface area (Å²) in [5, 5.41) is 3.55. The second kappa shape index (κ2) is 6.39. The maximum atomic E-state index is 13.3. The molecule has 0 bridgehead atoms. The number of rotatable bonds is 4. The number of benzene rings is 1. The van der Waals surface area contributed by atoms with Gasteiger partial charge in [0.15, 0.2) is 6.10 Å². The summed E-state index contributed by atoms with van der Waals surface area (Å²) in [6.07, 6.45) is 3.31. The maximum absolute atomic E-state index is 13.3. The van der Waals surface area contributed by atoms with E-state index in [4.69, 9.17) is 4.74 Å². The van der Waals surface area contributed by atoms with Crippen LogP contribution in [0.4, 0.5) is 5.69 Å². The third kappa shape index (κ3) is 2.75. The lowest BCUT2D eigenvalue weighted by Crippen LogP contribution is -2.58. The first-order valence-corrected chi connectivity index (χ1v) is 9.85. The van der Waals surface area contributed by atoms with Crippen LogP contribution in [0.25, 0.3) is 0 Å². The van der Waals surface area contributed by atoms with Crippen LogP contribution in [0.15, 0.2) is 35.9 Å². The Balaban J connectivity index is 1.76. The van der Waals surface area contributed by atoms with Crippen molar-refractivity contribution < 1.29 is 14.3 Å². The summed E-state index contributed by atoms with van der Waals surface area (Å²) in [5.41, 5.74) is 3.21. The van der Waals surface area contributed by atoms with E-state index in [2.05, 4.69) is 37.4 Å². The van der Waals surface area contributed by atoms with Crippen LogP contribution in [0.3, 0.4) is 0 Å². The zero-order chi connectivity index (χ0) is 19.3. The molecule has 0 spiro atoms. The lowest BCUT2D eigenvalue weighted by Gasteiger charge is -2.38. The Labute approximate surface area is 160 Å². The molecule has 1 aromatic rings. The average Bonchev–Trinajstić information content (AvgIpc) is 3.09. The third-order valence-electron chi connectivity index (χ3n) is 6.07. The van der Waals surface area contributed by atoms with Gasteiger partial charge in [-0.05, 0) is 50.7 Å². The fraction of sp³-hybridized carbons (Fsp3) is 0.545. The highest BCUT2D eigenvalue weighted by Crippen LogP contribution is 2.54. The molecule has 4 atom stereocenters. The molecule has 3 aliphatic heterocycles. The van der Waals surface area contributed by atoms with Crippen LogP contribution in [0.2, 0.25) is 0 Å². The normalized spacial score (nSPS) is 31.1. The Hall–Kier alpha value is -2.30. The Kier molecular flexibility index (Phi) is 4.28. The Morgan fingerprint density at radius 2 is 2.07 bits per heavy atom. The van der Waals surface area contributed by atoms with E-state index in [1.165, 1.54) is 11.1 Å². The largest absolute Gasteiger partial charge is 0.451 e. The van der Waals surface area contributed by atoms with Crippen molar-refractivity contribution in [3.8, 4) is 0 Å². The van der Waals surface area contributed by atoms with Crippen molar-refractivity contribution in [2.75, 3.05) is 5.32 Å². The molecule has 0 saturated carbocycles. The lowest BCUT2D eigenvalue weighted by atomic mass is 9.75. The second-order valence-corrected chi connectivity index (χ2v) is 8.75. The molecule has 0 aliphatic carbocycles. The molecule has 0 unspecified atom stereocenters. The number of hydrogen-bond acceptors (Lipinski definition) is 4. The molecule has 144 valence electrons. The van der Waals surface area contributed by atoms with E-state index in [0.29, 0.717) is 12.8 Å². The minimum atomic E-state index is -0.668. The van der Waals surface area contributed by atoms with E-state index in [-0.39, 0.29) is 29.4 Å². The van der Waals surface area contributed by atoms with Crippen molar-refractivity contribution in [2.45, 2.75) is 70.7 Å². The van der Waals surface area contributed by atoms with E-state index in [1.54, 1.807) is 4.90 Å². The number of carbonyl (C=O) groups is 2. The first kappa shape index (κ1) is 18.1. The number of anilines is 1. The van der Waals surface area contributed by atoms with Crippen LogP contribution in [-0.4, -0.2) is 35.1 Å². The van der Waals surface area contributed by atoms with Gasteiger partial charge < -0.3 is 15.0 Å². The Morgan fingerprint density at radius 1 is 1.33 bits per heavy atom. The van der Waals surface area contributed by atoms with Gasteiger partial charge in [0.05, 0.1) is 0 Å². The van der Waals surface area contributed by atoms with Crippen molar-refractivity contribution >= 4 is 17.6 Å². The van der Waals surface area contributed by atoms with Crippen LogP contribution < -0.4 is 5.32 Å². The van der Waals surface area contributed by atoms with Crippen LogP contribution in [-0.2, 0) is 19.7 Å². The molecule has 0 radical (unpaired) electrons. The number of para-hydroxylation sites is 1. The fourth-order valence-corrected chi connectivity index (χ4v) is 4.84. The molecule has 1 amide bonds. The van der Waals surface area contributed by atoms with Gasteiger partial charge in [-0.25, -0.2) is 4.79 Å².